The van der Waals surface area contributed by atoms with Crippen LogP contribution in [0.15, 0.2) is 47.4 Å². The molecule has 32 heavy (non-hydrogen) atoms. The summed E-state index contributed by atoms with van der Waals surface area (Å²) < 4.78 is 40.4. The molecular weight excluding hydrogens is 428 g/mol. The molecule has 0 atom stereocenters. The van der Waals surface area contributed by atoms with Gasteiger partial charge in [-0.05, 0) is 61.2 Å². The number of nitrogens with zero attached hydrogens (tertiary/aromatic N) is 1. The molecule has 0 radical (unpaired) electrons. The predicted molar refractivity (Wildman–Crippen MR) is 121 cm³/mol. The minimum absolute atomic E-state index is 0.0846. The minimum atomic E-state index is -3.67. The normalized spacial score (nSPS) is 20.0. The standard InChI is InChI=1S/C24H28N2O5S/c27-23-4-3-13-26(23)19-6-8-20(9-7-19)32(28,29)25-17-24(11-1-2-12-24)18-5-10-21-22(16-18)31-15-14-30-21/h5-10,16,25H,1-4,11-15,17H2. The summed E-state index contributed by atoms with van der Waals surface area (Å²) in [6.07, 6.45) is 5.35. The Hall–Kier alpha value is -2.58. The van der Waals surface area contributed by atoms with Crippen LogP contribution in [0.4, 0.5) is 5.69 Å². The van der Waals surface area contributed by atoms with Gasteiger partial charge in [-0.25, -0.2) is 13.1 Å². The van der Waals surface area contributed by atoms with Crippen LogP contribution in [0.5, 0.6) is 11.5 Å². The van der Waals surface area contributed by atoms with Crippen LogP contribution in [0, 0.1) is 0 Å². The van der Waals surface area contributed by atoms with Crippen molar-refractivity contribution in [3.8, 4) is 11.5 Å². The molecule has 1 saturated heterocycles. The average molecular weight is 457 g/mol. The number of sulfonamides is 1. The van der Waals surface area contributed by atoms with Gasteiger partial charge in [0.15, 0.2) is 11.5 Å². The van der Waals surface area contributed by atoms with E-state index in [4.69, 9.17) is 9.47 Å². The smallest absolute Gasteiger partial charge is 0.240 e. The van der Waals surface area contributed by atoms with E-state index in [9.17, 15) is 13.2 Å². The van der Waals surface area contributed by atoms with Crippen molar-refractivity contribution in [1.82, 2.24) is 4.72 Å². The lowest BCUT2D eigenvalue weighted by molar-refractivity contribution is -0.117. The van der Waals surface area contributed by atoms with Crippen molar-refractivity contribution in [1.29, 1.82) is 0 Å². The Kier molecular flexibility index (Phi) is 5.59. The van der Waals surface area contributed by atoms with E-state index in [-0.39, 0.29) is 16.2 Å². The molecule has 5 rings (SSSR count). The van der Waals surface area contributed by atoms with E-state index in [1.807, 2.05) is 18.2 Å². The molecule has 2 aromatic carbocycles. The highest BCUT2D eigenvalue weighted by molar-refractivity contribution is 7.89. The third kappa shape index (κ3) is 3.97. The van der Waals surface area contributed by atoms with E-state index in [0.717, 1.165) is 54.9 Å². The maximum atomic E-state index is 13.1. The second-order valence-corrected chi connectivity index (χ2v) is 10.6. The third-order valence-electron chi connectivity index (χ3n) is 6.85. The van der Waals surface area contributed by atoms with Gasteiger partial charge in [0.05, 0.1) is 4.90 Å². The van der Waals surface area contributed by atoms with Gasteiger partial charge in [0.1, 0.15) is 13.2 Å². The topological polar surface area (TPSA) is 84.9 Å². The van der Waals surface area contributed by atoms with E-state index < -0.39 is 10.0 Å². The molecule has 2 aliphatic heterocycles. The maximum absolute atomic E-state index is 13.1. The zero-order chi connectivity index (χ0) is 22.2. The lowest BCUT2D eigenvalue weighted by Gasteiger charge is -2.31. The summed E-state index contributed by atoms with van der Waals surface area (Å²) >= 11 is 0. The molecule has 3 aliphatic rings. The quantitative estimate of drug-likeness (QED) is 0.720. The van der Waals surface area contributed by atoms with Crippen molar-refractivity contribution >= 4 is 21.6 Å². The molecule has 0 spiro atoms. The van der Waals surface area contributed by atoms with Gasteiger partial charge >= 0.3 is 0 Å². The maximum Gasteiger partial charge on any atom is 0.240 e. The molecule has 0 aromatic heterocycles. The fraction of sp³-hybridized carbons (Fsp3) is 0.458. The number of fused-ring (bicyclic) bond motifs is 1. The highest BCUT2D eigenvalue weighted by atomic mass is 32.2. The Bertz CT molecular complexity index is 1110. The molecule has 2 heterocycles. The lowest BCUT2D eigenvalue weighted by Crippen LogP contribution is -2.39. The summed E-state index contributed by atoms with van der Waals surface area (Å²) in [5.41, 5.74) is 1.57. The predicted octanol–water partition coefficient (Wildman–Crippen LogP) is 3.37. The monoisotopic (exact) mass is 456 g/mol. The number of benzene rings is 2. The van der Waals surface area contributed by atoms with Gasteiger partial charge in [-0.1, -0.05) is 18.9 Å². The van der Waals surface area contributed by atoms with Crippen LogP contribution in [-0.2, 0) is 20.2 Å². The number of rotatable bonds is 6. The molecule has 2 fully saturated rings. The van der Waals surface area contributed by atoms with Crippen molar-refractivity contribution in [2.75, 3.05) is 31.2 Å². The molecule has 2 aromatic rings. The second-order valence-electron chi connectivity index (χ2n) is 8.81. The first-order chi connectivity index (χ1) is 15.5. The molecular formula is C24H28N2O5S. The van der Waals surface area contributed by atoms with Crippen LogP contribution in [0.3, 0.4) is 0 Å². The van der Waals surface area contributed by atoms with Crippen molar-refractivity contribution < 1.29 is 22.7 Å². The van der Waals surface area contributed by atoms with E-state index in [1.54, 1.807) is 29.2 Å². The highest BCUT2D eigenvalue weighted by Crippen LogP contribution is 2.44. The van der Waals surface area contributed by atoms with E-state index in [1.165, 1.54) is 0 Å². The van der Waals surface area contributed by atoms with Crippen molar-refractivity contribution in [3.05, 3.63) is 48.0 Å². The molecule has 1 aliphatic carbocycles. The number of anilines is 1. The molecule has 0 unspecified atom stereocenters. The highest BCUT2D eigenvalue weighted by Gasteiger charge is 2.37. The van der Waals surface area contributed by atoms with E-state index >= 15 is 0 Å². The summed E-state index contributed by atoms with van der Waals surface area (Å²) in [6, 6.07) is 12.6. The SMILES string of the molecule is O=C1CCCN1c1ccc(S(=O)(=O)NCC2(c3ccc4c(c3)OCCO4)CCCC2)cc1. The summed E-state index contributed by atoms with van der Waals surface area (Å²) in [6.45, 7) is 2.08. The van der Waals surface area contributed by atoms with Crippen molar-refractivity contribution in [2.24, 2.45) is 0 Å². The summed E-state index contributed by atoms with van der Waals surface area (Å²) in [5, 5.41) is 0. The van der Waals surface area contributed by atoms with Gasteiger partial charge in [-0.15, -0.1) is 0 Å². The number of hydrogen-bond donors (Lipinski definition) is 1. The number of hydrogen-bond acceptors (Lipinski definition) is 5. The van der Waals surface area contributed by atoms with E-state index in [2.05, 4.69) is 4.72 Å². The van der Waals surface area contributed by atoms with Gasteiger partial charge in [0.2, 0.25) is 15.9 Å². The molecule has 7 nitrogen and oxygen atoms in total. The van der Waals surface area contributed by atoms with Gasteiger partial charge in [-0.2, -0.15) is 0 Å². The van der Waals surface area contributed by atoms with Crippen LogP contribution in [-0.4, -0.2) is 40.6 Å². The van der Waals surface area contributed by atoms with Crippen LogP contribution < -0.4 is 19.1 Å². The fourth-order valence-corrected chi connectivity index (χ4v) is 6.16. The lowest BCUT2D eigenvalue weighted by atomic mass is 9.79. The Morgan fingerprint density at radius 2 is 1.66 bits per heavy atom. The Morgan fingerprint density at radius 1 is 0.938 bits per heavy atom. The number of amides is 1. The number of ether oxygens (including phenoxy) is 2. The fourth-order valence-electron chi connectivity index (χ4n) is 5.04. The molecule has 170 valence electrons. The Morgan fingerprint density at radius 3 is 2.34 bits per heavy atom. The molecule has 0 bridgehead atoms. The van der Waals surface area contributed by atoms with Crippen LogP contribution in [0.25, 0.3) is 0 Å². The summed E-state index contributed by atoms with van der Waals surface area (Å²) in [4.78, 5) is 13.9. The zero-order valence-corrected chi connectivity index (χ0v) is 18.8. The minimum Gasteiger partial charge on any atom is -0.486 e. The van der Waals surface area contributed by atoms with Crippen LogP contribution >= 0.6 is 0 Å². The second kappa shape index (κ2) is 8.41. The molecule has 1 amide bonds. The first-order valence-corrected chi connectivity index (χ1v) is 12.8. The van der Waals surface area contributed by atoms with Gasteiger partial charge in [0, 0.05) is 30.6 Å². The first-order valence-electron chi connectivity index (χ1n) is 11.3. The van der Waals surface area contributed by atoms with Gasteiger partial charge < -0.3 is 14.4 Å². The Balaban J connectivity index is 1.34. The Labute approximate surface area is 188 Å². The zero-order valence-electron chi connectivity index (χ0n) is 18.0. The average Bonchev–Trinajstić information content (AvgIpc) is 3.47. The number of carbonyl (C=O) groups excluding carboxylic acids is 1. The van der Waals surface area contributed by atoms with Crippen LogP contribution in [0.1, 0.15) is 44.1 Å². The number of carbonyl (C=O) groups is 1. The van der Waals surface area contributed by atoms with Crippen molar-refractivity contribution in [3.63, 3.8) is 0 Å². The van der Waals surface area contributed by atoms with Gasteiger partial charge in [-0.3, -0.25) is 4.79 Å². The molecule has 1 N–H and O–H groups in total. The molecule has 8 heteroatoms. The molecule has 1 saturated carbocycles. The largest absolute Gasteiger partial charge is 0.486 e. The van der Waals surface area contributed by atoms with Crippen molar-refractivity contribution in [2.45, 2.75) is 48.8 Å². The summed E-state index contributed by atoms with van der Waals surface area (Å²) in [7, 11) is -3.67. The number of nitrogens with one attached hydrogen (secondary N) is 1. The summed E-state index contributed by atoms with van der Waals surface area (Å²) in [5.74, 6) is 1.56. The van der Waals surface area contributed by atoms with Crippen LogP contribution in [0.2, 0.25) is 0 Å². The van der Waals surface area contributed by atoms with E-state index in [0.29, 0.717) is 32.7 Å². The third-order valence-corrected chi connectivity index (χ3v) is 8.27. The first kappa shape index (κ1) is 21.3. The van der Waals surface area contributed by atoms with Gasteiger partial charge in [0.25, 0.3) is 0 Å².